The van der Waals surface area contributed by atoms with Crippen LogP contribution in [0.3, 0.4) is 0 Å². The molecule has 0 aromatic carbocycles. The lowest BCUT2D eigenvalue weighted by molar-refractivity contribution is -0.139. The summed E-state index contributed by atoms with van der Waals surface area (Å²) in [6, 6.07) is 0.336. The third kappa shape index (κ3) is 4.01. The molecule has 3 aliphatic heterocycles. The quantitative estimate of drug-likeness (QED) is 0.859. The maximum atomic E-state index is 12.6. The highest BCUT2D eigenvalue weighted by atomic mass is 32.2. The van der Waals surface area contributed by atoms with E-state index in [9.17, 15) is 4.79 Å². The number of nitrogens with two attached hydrogens (primary N) is 1. The van der Waals surface area contributed by atoms with E-state index in [0.29, 0.717) is 18.4 Å². The van der Waals surface area contributed by atoms with E-state index in [2.05, 4.69) is 4.90 Å². The van der Waals surface area contributed by atoms with Crippen LogP contribution in [-0.2, 0) is 9.53 Å². The van der Waals surface area contributed by atoms with Crippen molar-refractivity contribution in [3.05, 3.63) is 0 Å². The second-order valence-electron chi connectivity index (χ2n) is 6.91. The molecule has 5 heteroatoms. The normalized spacial score (nSPS) is 31.4. The predicted molar refractivity (Wildman–Crippen MR) is 86.6 cm³/mol. The molecule has 3 aliphatic rings. The fraction of sp³-hybridized carbons (Fsp3) is 0.938. The molecule has 1 spiro atoms. The van der Waals surface area contributed by atoms with Crippen molar-refractivity contribution in [3.8, 4) is 0 Å². The minimum Gasteiger partial charge on any atom is -0.375 e. The lowest BCUT2D eigenvalue weighted by Gasteiger charge is -2.43. The summed E-state index contributed by atoms with van der Waals surface area (Å²) in [7, 11) is 0. The Kier molecular flexibility index (Phi) is 5.25. The van der Waals surface area contributed by atoms with Crippen LogP contribution in [0.4, 0.5) is 0 Å². The number of ether oxygens (including phenoxy) is 1. The second kappa shape index (κ2) is 6.99. The summed E-state index contributed by atoms with van der Waals surface area (Å²) >= 11 is 2.02. The number of thioether (sulfide) groups is 1. The third-order valence-corrected chi connectivity index (χ3v) is 6.35. The molecule has 0 bridgehead atoms. The Balaban J connectivity index is 1.52. The van der Waals surface area contributed by atoms with Crippen LogP contribution < -0.4 is 5.73 Å². The van der Waals surface area contributed by atoms with Gasteiger partial charge in [-0.05, 0) is 50.0 Å². The number of likely N-dealkylation sites (tertiary alicyclic amines) is 1. The van der Waals surface area contributed by atoms with E-state index in [1.165, 1.54) is 11.5 Å². The molecule has 3 saturated heterocycles. The van der Waals surface area contributed by atoms with Crippen molar-refractivity contribution >= 4 is 17.5 Å². The maximum Gasteiger partial charge on any atom is 0.150 e. The fourth-order valence-corrected chi connectivity index (χ4v) is 5.09. The molecule has 21 heavy (non-hydrogen) atoms. The van der Waals surface area contributed by atoms with Crippen LogP contribution in [0.5, 0.6) is 0 Å². The van der Waals surface area contributed by atoms with Crippen molar-refractivity contribution in [1.29, 1.82) is 0 Å². The van der Waals surface area contributed by atoms with Gasteiger partial charge in [0, 0.05) is 31.7 Å². The first-order chi connectivity index (χ1) is 10.2. The number of ketones is 1. The van der Waals surface area contributed by atoms with E-state index in [4.69, 9.17) is 10.5 Å². The van der Waals surface area contributed by atoms with Crippen LogP contribution in [0, 0.1) is 5.92 Å². The highest BCUT2D eigenvalue weighted by molar-refractivity contribution is 7.99. The van der Waals surface area contributed by atoms with Crippen LogP contribution in [0.1, 0.15) is 38.5 Å². The van der Waals surface area contributed by atoms with E-state index in [0.717, 1.165) is 58.2 Å². The molecule has 3 heterocycles. The van der Waals surface area contributed by atoms with Gasteiger partial charge in [0.2, 0.25) is 0 Å². The van der Waals surface area contributed by atoms with Crippen LogP contribution in [0.25, 0.3) is 0 Å². The average molecular weight is 312 g/mol. The first kappa shape index (κ1) is 15.8. The molecule has 2 N–H and O–H groups in total. The zero-order chi connectivity index (χ0) is 14.7. The highest BCUT2D eigenvalue weighted by Gasteiger charge is 2.41. The molecule has 0 aromatic rings. The maximum absolute atomic E-state index is 12.6. The number of Topliss-reactive ketones (excluding diaryl/α,β-unsaturated/α-hetero) is 1. The molecule has 0 amide bonds. The molecule has 0 aliphatic carbocycles. The molecule has 3 rings (SSSR count). The number of nitrogens with zero attached hydrogens (tertiary/aromatic N) is 1. The molecular formula is C16H28N2O2S. The first-order valence-electron chi connectivity index (χ1n) is 8.39. The second-order valence-corrected chi connectivity index (χ2v) is 8.14. The van der Waals surface area contributed by atoms with Gasteiger partial charge >= 0.3 is 0 Å². The van der Waals surface area contributed by atoms with Gasteiger partial charge in [0.1, 0.15) is 5.78 Å². The zero-order valence-corrected chi connectivity index (χ0v) is 13.7. The summed E-state index contributed by atoms with van der Waals surface area (Å²) in [5.74, 6) is 3.03. The molecule has 0 saturated carbocycles. The molecule has 0 radical (unpaired) electrons. The van der Waals surface area contributed by atoms with E-state index >= 15 is 0 Å². The van der Waals surface area contributed by atoms with Crippen LogP contribution in [0.2, 0.25) is 0 Å². The zero-order valence-electron chi connectivity index (χ0n) is 12.9. The van der Waals surface area contributed by atoms with Crippen molar-refractivity contribution < 1.29 is 9.53 Å². The van der Waals surface area contributed by atoms with Crippen LogP contribution in [-0.4, -0.2) is 60.1 Å². The van der Waals surface area contributed by atoms with E-state index in [-0.39, 0.29) is 11.5 Å². The lowest BCUT2D eigenvalue weighted by atomic mass is 9.80. The SMILES string of the molecule is NC1CCN(CC(=O)C2CCOC3(CCSCC3)C2)CC1. The van der Waals surface area contributed by atoms with Gasteiger partial charge in [-0.25, -0.2) is 0 Å². The monoisotopic (exact) mass is 312 g/mol. The number of piperidine rings is 1. The Morgan fingerprint density at radius 1 is 1.24 bits per heavy atom. The van der Waals surface area contributed by atoms with Crippen molar-refractivity contribution in [2.45, 2.75) is 50.2 Å². The van der Waals surface area contributed by atoms with Crippen molar-refractivity contribution in [2.75, 3.05) is 37.7 Å². The standard InChI is InChI=1S/C16H28N2O2S/c17-14-1-6-18(7-2-14)12-15(19)13-3-8-20-16(11-13)4-9-21-10-5-16/h13-14H,1-12,17H2. The summed E-state index contributed by atoms with van der Waals surface area (Å²) < 4.78 is 6.10. The van der Waals surface area contributed by atoms with Gasteiger partial charge in [0.15, 0.2) is 0 Å². The largest absolute Gasteiger partial charge is 0.375 e. The van der Waals surface area contributed by atoms with Crippen LogP contribution >= 0.6 is 11.8 Å². The van der Waals surface area contributed by atoms with Gasteiger partial charge in [0.05, 0.1) is 12.1 Å². The minimum atomic E-state index is 0.0219. The first-order valence-corrected chi connectivity index (χ1v) is 9.55. The van der Waals surface area contributed by atoms with Crippen molar-refractivity contribution in [3.63, 3.8) is 0 Å². The van der Waals surface area contributed by atoms with Gasteiger partial charge in [-0.2, -0.15) is 11.8 Å². The Hall–Kier alpha value is -0.100. The van der Waals surface area contributed by atoms with Gasteiger partial charge in [0.25, 0.3) is 0 Å². The van der Waals surface area contributed by atoms with E-state index in [1.54, 1.807) is 0 Å². The van der Waals surface area contributed by atoms with Gasteiger partial charge in [-0.3, -0.25) is 9.69 Å². The molecule has 0 aromatic heterocycles. The Bertz CT molecular complexity index is 358. The molecule has 3 fully saturated rings. The summed E-state index contributed by atoms with van der Waals surface area (Å²) in [6.45, 7) is 3.37. The number of hydrogen-bond acceptors (Lipinski definition) is 5. The minimum absolute atomic E-state index is 0.0219. The van der Waals surface area contributed by atoms with Gasteiger partial charge < -0.3 is 10.5 Å². The summed E-state index contributed by atoms with van der Waals surface area (Å²) in [5.41, 5.74) is 5.96. The Morgan fingerprint density at radius 2 is 1.95 bits per heavy atom. The Morgan fingerprint density at radius 3 is 2.67 bits per heavy atom. The number of carbonyl (C=O) groups excluding carboxylic acids is 1. The predicted octanol–water partition coefficient (Wildman–Crippen LogP) is 1.67. The lowest BCUT2D eigenvalue weighted by Crippen LogP contribution is -2.47. The fourth-order valence-electron chi connectivity index (χ4n) is 3.85. The Labute approximate surface area is 132 Å². The van der Waals surface area contributed by atoms with Gasteiger partial charge in [-0.1, -0.05) is 0 Å². The molecule has 1 atom stereocenters. The average Bonchev–Trinajstić information content (AvgIpc) is 2.50. The summed E-state index contributed by atoms with van der Waals surface area (Å²) in [4.78, 5) is 14.9. The van der Waals surface area contributed by atoms with Crippen LogP contribution in [0.15, 0.2) is 0 Å². The van der Waals surface area contributed by atoms with E-state index in [1.807, 2.05) is 11.8 Å². The number of hydrogen-bond donors (Lipinski definition) is 1. The van der Waals surface area contributed by atoms with Crippen molar-refractivity contribution in [2.24, 2.45) is 11.7 Å². The smallest absolute Gasteiger partial charge is 0.150 e. The number of carbonyl (C=O) groups is 1. The third-order valence-electron chi connectivity index (χ3n) is 5.36. The molecule has 120 valence electrons. The topological polar surface area (TPSA) is 55.6 Å². The summed E-state index contributed by atoms with van der Waals surface area (Å²) in [6.07, 6.45) is 6.19. The van der Waals surface area contributed by atoms with Gasteiger partial charge in [-0.15, -0.1) is 0 Å². The number of rotatable bonds is 3. The molecular weight excluding hydrogens is 284 g/mol. The summed E-state index contributed by atoms with van der Waals surface area (Å²) in [5, 5.41) is 0. The van der Waals surface area contributed by atoms with E-state index < -0.39 is 0 Å². The highest BCUT2D eigenvalue weighted by Crippen LogP contribution is 2.40. The molecule has 4 nitrogen and oxygen atoms in total. The van der Waals surface area contributed by atoms with Crippen molar-refractivity contribution in [1.82, 2.24) is 4.90 Å². The molecule has 1 unspecified atom stereocenters.